The summed E-state index contributed by atoms with van der Waals surface area (Å²) in [6, 6.07) is 20.7. The molecule has 4 aromatic rings. The van der Waals surface area contributed by atoms with Crippen LogP contribution in [-0.2, 0) is 19.6 Å². The average Bonchev–Trinajstić information content (AvgIpc) is 2.80. The number of aryl methyl sites for hydroxylation is 3. The number of hydrogen-bond donors (Lipinski definition) is 0. The lowest BCUT2D eigenvalue weighted by molar-refractivity contribution is -0.645. The molecule has 2 aliphatic heterocycles. The first-order chi connectivity index (χ1) is 15.3. The lowest BCUT2D eigenvalue weighted by Gasteiger charge is -2.27. The fourth-order valence-corrected chi connectivity index (χ4v) is 5.86. The van der Waals surface area contributed by atoms with Crippen LogP contribution in [0.25, 0.3) is 55.0 Å². The maximum Gasteiger partial charge on any atom is 0.215 e. The van der Waals surface area contributed by atoms with Gasteiger partial charge in [-0.1, -0.05) is 39.0 Å². The van der Waals surface area contributed by atoms with Crippen LogP contribution in [0.4, 0.5) is 0 Å². The molecule has 31 heavy (non-hydrogen) atoms. The molecule has 3 heterocycles. The third-order valence-electron chi connectivity index (χ3n) is 6.90. The largest absolute Gasteiger partial charge is 0.340 e. The van der Waals surface area contributed by atoms with Crippen LogP contribution in [0, 0.1) is 0 Å². The van der Waals surface area contributed by atoms with E-state index >= 15 is 0 Å². The molecule has 3 nitrogen and oxygen atoms in total. The second-order valence-corrected chi connectivity index (χ2v) is 8.84. The summed E-state index contributed by atoms with van der Waals surface area (Å²) in [5.74, 6) is 0. The third-order valence-corrected chi connectivity index (χ3v) is 6.90. The molecule has 0 saturated heterocycles. The van der Waals surface area contributed by atoms with Gasteiger partial charge in [-0.15, -0.1) is 0 Å². The molecular formula is C28H30N3+. The van der Waals surface area contributed by atoms with Crippen LogP contribution in [0.15, 0.2) is 54.6 Å². The zero-order chi connectivity index (χ0) is 21.1. The quantitative estimate of drug-likeness (QED) is 0.161. The second-order valence-electron chi connectivity index (χ2n) is 8.84. The molecule has 0 unspecified atom stereocenters. The van der Waals surface area contributed by atoms with Crippen LogP contribution in [0.2, 0.25) is 0 Å². The predicted octanol–water partition coefficient (Wildman–Crippen LogP) is 6.96. The van der Waals surface area contributed by atoms with Gasteiger partial charge in [0.2, 0.25) is 11.0 Å². The summed E-state index contributed by atoms with van der Waals surface area (Å²) in [4.78, 5) is 0. The van der Waals surface area contributed by atoms with Crippen molar-refractivity contribution in [3.8, 4) is 11.1 Å². The van der Waals surface area contributed by atoms with Crippen molar-refractivity contribution in [3.05, 3.63) is 54.6 Å². The predicted molar refractivity (Wildman–Crippen MR) is 131 cm³/mol. The topological polar surface area (TPSA) is 13.7 Å². The molecule has 156 valence electrons. The van der Waals surface area contributed by atoms with Gasteiger partial charge in [0, 0.05) is 42.8 Å². The Kier molecular flexibility index (Phi) is 4.21. The summed E-state index contributed by atoms with van der Waals surface area (Å²) < 4.78 is 7.69. The Morgan fingerprint density at radius 3 is 1.55 bits per heavy atom. The highest BCUT2D eigenvalue weighted by Crippen LogP contribution is 2.47. The van der Waals surface area contributed by atoms with Gasteiger partial charge in [0.1, 0.15) is 6.54 Å². The molecule has 0 fully saturated rings. The highest BCUT2D eigenvalue weighted by atomic mass is 15.0. The number of hydrogen-bond acceptors (Lipinski definition) is 0. The Labute approximate surface area is 183 Å². The van der Waals surface area contributed by atoms with Crippen LogP contribution in [0.1, 0.15) is 40.0 Å². The Balaban J connectivity index is 2.01. The lowest BCUT2D eigenvalue weighted by atomic mass is 9.89. The number of pyridine rings is 3. The van der Waals surface area contributed by atoms with E-state index in [1.54, 1.807) is 0 Å². The molecule has 0 radical (unpaired) electrons. The van der Waals surface area contributed by atoms with Gasteiger partial charge in [0.05, 0.1) is 32.8 Å². The van der Waals surface area contributed by atoms with E-state index in [0.717, 1.165) is 38.9 Å². The molecule has 0 amide bonds. The first kappa shape index (κ1) is 18.7. The average molecular weight is 409 g/mol. The van der Waals surface area contributed by atoms with Gasteiger partial charge in [0.25, 0.3) is 0 Å². The van der Waals surface area contributed by atoms with E-state index in [1.165, 1.54) is 55.0 Å². The summed E-state index contributed by atoms with van der Waals surface area (Å²) in [6.45, 7) is 9.96. The van der Waals surface area contributed by atoms with Crippen molar-refractivity contribution >= 4 is 43.9 Å². The van der Waals surface area contributed by atoms with Crippen LogP contribution in [0.5, 0.6) is 0 Å². The number of aromatic nitrogens is 3. The fourth-order valence-electron chi connectivity index (χ4n) is 5.86. The summed E-state index contributed by atoms with van der Waals surface area (Å²) in [6.07, 6.45) is 3.38. The highest BCUT2D eigenvalue weighted by Gasteiger charge is 2.30. The monoisotopic (exact) mass is 408 g/mol. The van der Waals surface area contributed by atoms with E-state index < -0.39 is 0 Å². The van der Waals surface area contributed by atoms with Crippen LogP contribution in [-0.4, -0.2) is 9.13 Å². The Morgan fingerprint density at radius 1 is 0.581 bits per heavy atom. The summed E-state index contributed by atoms with van der Waals surface area (Å²) in [5, 5.41) is 2.86. The zero-order valence-electron chi connectivity index (χ0n) is 18.8. The normalized spacial score (nSPS) is 12.5. The SMILES string of the molecule is CCCn1c2cccc3c2-c2c4c1cccc4[n+](CCC)c1cccc(c21)n3CCC. The molecule has 0 bridgehead atoms. The number of rotatable bonds is 6. The maximum atomic E-state index is 2.56. The van der Waals surface area contributed by atoms with E-state index in [0.29, 0.717) is 0 Å². The first-order valence-electron chi connectivity index (χ1n) is 11.9. The summed E-state index contributed by atoms with van der Waals surface area (Å²) in [7, 11) is 0. The molecule has 2 aliphatic rings. The molecule has 0 aliphatic carbocycles. The summed E-state index contributed by atoms with van der Waals surface area (Å²) >= 11 is 0. The van der Waals surface area contributed by atoms with E-state index in [9.17, 15) is 0 Å². The van der Waals surface area contributed by atoms with E-state index in [4.69, 9.17) is 0 Å². The molecular weight excluding hydrogens is 378 g/mol. The first-order valence-corrected chi connectivity index (χ1v) is 11.9. The number of benzene rings is 3. The van der Waals surface area contributed by atoms with Crippen LogP contribution >= 0.6 is 0 Å². The smallest absolute Gasteiger partial charge is 0.215 e. The Bertz CT molecular complexity index is 1410. The van der Waals surface area contributed by atoms with Gasteiger partial charge in [-0.05, 0) is 37.1 Å². The minimum absolute atomic E-state index is 1.04. The fraction of sp³-hybridized carbons (Fsp3) is 0.321. The van der Waals surface area contributed by atoms with Gasteiger partial charge in [-0.25, -0.2) is 0 Å². The summed E-state index contributed by atoms with van der Waals surface area (Å²) in [5.41, 5.74) is 11.1. The molecule has 0 atom stereocenters. The molecule has 1 aromatic heterocycles. The van der Waals surface area contributed by atoms with Crippen molar-refractivity contribution in [3.63, 3.8) is 0 Å². The third kappa shape index (κ3) is 2.38. The van der Waals surface area contributed by atoms with Crippen molar-refractivity contribution in [1.82, 2.24) is 9.13 Å². The van der Waals surface area contributed by atoms with E-state index in [1.807, 2.05) is 0 Å². The Morgan fingerprint density at radius 2 is 1.06 bits per heavy atom. The van der Waals surface area contributed by atoms with Crippen molar-refractivity contribution in [2.75, 3.05) is 0 Å². The van der Waals surface area contributed by atoms with E-state index in [-0.39, 0.29) is 0 Å². The second kappa shape index (κ2) is 6.98. The van der Waals surface area contributed by atoms with Gasteiger partial charge < -0.3 is 9.13 Å². The molecule has 0 spiro atoms. The molecule has 0 N–H and O–H groups in total. The zero-order valence-corrected chi connectivity index (χ0v) is 18.8. The minimum atomic E-state index is 1.04. The van der Waals surface area contributed by atoms with Crippen molar-refractivity contribution < 1.29 is 4.57 Å². The van der Waals surface area contributed by atoms with Crippen molar-refractivity contribution in [1.29, 1.82) is 0 Å². The van der Waals surface area contributed by atoms with Crippen molar-refractivity contribution in [2.45, 2.75) is 59.7 Å². The lowest BCUT2D eigenvalue weighted by Crippen LogP contribution is -2.36. The van der Waals surface area contributed by atoms with Crippen LogP contribution < -0.4 is 4.57 Å². The standard InChI is InChI=1S/C28H30N3/c1-4-16-29-19-10-7-12-21-25(19)28-26-20(29)11-8-13-22(26)31(18-6-3)24-15-9-14-23(27(24)28)30(21)17-5-2/h7-15H,4-6,16-18H2,1-3H3/q+1. The van der Waals surface area contributed by atoms with Crippen molar-refractivity contribution in [2.24, 2.45) is 0 Å². The van der Waals surface area contributed by atoms with Gasteiger partial charge in [-0.2, -0.15) is 4.57 Å². The minimum Gasteiger partial charge on any atom is -0.340 e. The van der Waals surface area contributed by atoms with Crippen LogP contribution in [0.3, 0.4) is 0 Å². The molecule has 6 rings (SSSR count). The van der Waals surface area contributed by atoms with Gasteiger partial charge in [-0.3, -0.25) is 0 Å². The molecule has 3 heteroatoms. The van der Waals surface area contributed by atoms with E-state index in [2.05, 4.69) is 89.1 Å². The molecule has 0 saturated carbocycles. The Hall–Kier alpha value is -3.07. The maximum absolute atomic E-state index is 2.56. The van der Waals surface area contributed by atoms with Gasteiger partial charge in [0.15, 0.2) is 0 Å². The molecule has 3 aromatic carbocycles. The number of nitrogens with zero attached hydrogens (tertiary/aromatic N) is 3. The van der Waals surface area contributed by atoms with Gasteiger partial charge >= 0.3 is 0 Å². The highest BCUT2D eigenvalue weighted by molar-refractivity contribution is 6.24.